The molecule has 0 radical (unpaired) electrons. The Balaban J connectivity index is 4.10. The number of carbonyl (C=O) groups is 2. The Bertz CT molecular complexity index is 281. The van der Waals surface area contributed by atoms with Gasteiger partial charge in [0.1, 0.15) is 6.54 Å². The van der Waals surface area contributed by atoms with E-state index in [0.29, 0.717) is 0 Å². The fourth-order valence-electron chi connectivity index (χ4n) is 1.08. The summed E-state index contributed by atoms with van der Waals surface area (Å²) in [4.78, 5) is 22.3. The summed E-state index contributed by atoms with van der Waals surface area (Å²) in [7, 11) is 1.43. The molecule has 0 heterocycles. The first-order valence-electron chi connectivity index (χ1n) is 4.99. The van der Waals surface area contributed by atoms with Gasteiger partial charge in [0.05, 0.1) is 12.1 Å². The van der Waals surface area contributed by atoms with Crippen LogP contribution < -0.4 is 16.0 Å². The van der Waals surface area contributed by atoms with Crippen LogP contribution in [0.25, 0.3) is 0 Å². The number of likely N-dealkylation sites (N-methyl/N-ethyl adjacent to an activating group) is 1. The topological polar surface area (TPSA) is 70.2 Å². The Hall–Kier alpha value is -1.31. The van der Waals surface area contributed by atoms with Crippen LogP contribution in [0.2, 0.25) is 0 Å². The van der Waals surface area contributed by atoms with Gasteiger partial charge in [0.15, 0.2) is 0 Å². The molecular formula is C9H16F3N3O2. The molecule has 2 unspecified atom stereocenters. The Morgan fingerprint density at radius 2 is 1.59 bits per heavy atom. The molecule has 3 N–H and O–H groups in total. The zero-order valence-electron chi connectivity index (χ0n) is 9.81. The summed E-state index contributed by atoms with van der Waals surface area (Å²) >= 11 is 0. The lowest BCUT2D eigenvalue weighted by Crippen LogP contribution is -2.51. The van der Waals surface area contributed by atoms with E-state index in [1.165, 1.54) is 20.9 Å². The zero-order valence-corrected chi connectivity index (χ0v) is 9.81. The van der Waals surface area contributed by atoms with Crippen molar-refractivity contribution in [3.05, 3.63) is 0 Å². The average molecular weight is 255 g/mol. The summed E-state index contributed by atoms with van der Waals surface area (Å²) in [6, 6.07) is -1.55. The molecule has 0 aliphatic heterocycles. The van der Waals surface area contributed by atoms with Gasteiger partial charge in [0.25, 0.3) is 0 Å². The molecule has 0 saturated carbocycles. The van der Waals surface area contributed by atoms with E-state index in [4.69, 9.17) is 0 Å². The minimum absolute atomic E-state index is 0.347. The van der Waals surface area contributed by atoms with Gasteiger partial charge in [-0.15, -0.1) is 0 Å². The molecule has 0 aliphatic carbocycles. The van der Waals surface area contributed by atoms with Crippen molar-refractivity contribution >= 4 is 11.8 Å². The third kappa shape index (κ3) is 6.77. The van der Waals surface area contributed by atoms with Crippen LogP contribution in [0.5, 0.6) is 0 Å². The molecule has 2 amide bonds. The minimum atomic E-state index is -4.44. The van der Waals surface area contributed by atoms with Crippen LogP contribution in [0.1, 0.15) is 13.8 Å². The predicted molar refractivity (Wildman–Crippen MR) is 55.2 cm³/mol. The van der Waals surface area contributed by atoms with Gasteiger partial charge in [-0.3, -0.25) is 14.9 Å². The van der Waals surface area contributed by atoms with Gasteiger partial charge >= 0.3 is 6.18 Å². The second kappa shape index (κ2) is 6.43. The largest absolute Gasteiger partial charge is 0.405 e. The van der Waals surface area contributed by atoms with E-state index in [1.807, 2.05) is 0 Å². The van der Waals surface area contributed by atoms with Gasteiger partial charge < -0.3 is 10.6 Å². The van der Waals surface area contributed by atoms with Crippen LogP contribution in [0.4, 0.5) is 13.2 Å². The molecule has 0 saturated heterocycles. The van der Waals surface area contributed by atoms with Crippen molar-refractivity contribution in [2.45, 2.75) is 32.1 Å². The SMILES string of the molecule is CNC(=O)C(C)NC(C)C(=O)NCC(F)(F)F. The smallest absolute Gasteiger partial charge is 0.358 e. The number of carbonyl (C=O) groups excluding carboxylic acids is 2. The van der Waals surface area contributed by atoms with E-state index in [-0.39, 0.29) is 5.91 Å². The Labute approximate surface area is 97.1 Å². The summed E-state index contributed by atoms with van der Waals surface area (Å²) in [6.07, 6.45) is -4.44. The zero-order chi connectivity index (χ0) is 13.6. The number of alkyl halides is 3. The second-order valence-electron chi connectivity index (χ2n) is 3.56. The highest BCUT2D eigenvalue weighted by Crippen LogP contribution is 2.12. The van der Waals surface area contributed by atoms with Crippen molar-refractivity contribution in [3.63, 3.8) is 0 Å². The van der Waals surface area contributed by atoms with Gasteiger partial charge in [0.2, 0.25) is 11.8 Å². The molecule has 0 rings (SSSR count). The third-order valence-electron chi connectivity index (χ3n) is 2.00. The van der Waals surface area contributed by atoms with E-state index >= 15 is 0 Å². The maximum Gasteiger partial charge on any atom is 0.405 e. The monoisotopic (exact) mass is 255 g/mol. The molecular weight excluding hydrogens is 239 g/mol. The first kappa shape index (κ1) is 15.7. The lowest BCUT2D eigenvalue weighted by atomic mass is 10.2. The van der Waals surface area contributed by atoms with Gasteiger partial charge in [-0.2, -0.15) is 13.2 Å². The van der Waals surface area contributed by atoms with Crippen LogP contribution in [0.15, 0.2) is 0 Å². The number of nitrogens with one attached hydrogen (secondary N) is 3. The predicted octanol–water partition coefficient (Wildman–Crippen LogP) is -0.222. The summed E-state index contributed by atoms with van der Waals surface area (Å²) < 4.78 is 35.5. The van der Waals surface area contributed by atoms with Crippen molar-refractivity contribution in [1.29, 1.82) is 0 Å². The Morgan fingerprint density at radius 1 is 1.12 bits per heavy atom. The molecule has 0 spiro atoms. The minimum Gasteiger partial charge on any atom is -0.358 e. The molecule has 5 nitrogen and oxygen atoms in total. The van der Waals surface area contributed by atoms with Crippen molar-refractivity contribution < 1.29 is 22.8 Å². The first-order chi connectivity index (χ1) is 7.67. The highest BCUT2D eigenvalue weighted by atomic mass is 19.4. The van der Waals surface area contributed by atoms with Crippen molar-refractivity contribution in [2.24, 2.45) is 0 Å². The standard InChI is InChI=1S/C9H16F3N3O2/c1-5(7(16)13-3)15-6(2)8(17)14-4-9(10,11)12/h5-6,15H,4H2,1-3H3,(H,13,16)(H,14,17). The van der Waals surface area contributed by atoms with Crippen LogP contribution >= 0.6 is 0 Å². The number of rotatable bonds is 5. The van der Waals surface area contributed by atoms with Crippen molar-refractivity contribution in [3.8, 4) is 0 Å². The second-order valence-corrected chi connectivity index (χ2v) is 3.56. The number of amides is 2. The van der Waals surface area contributed by atoms with E-state index in [2.05, 4.69) is 10.6 Å². The normalized spacial score (nSPS) is 14.9. The van der Waals surface area contributed by atoms with Crippen molar-refractivity contribution in [2.75, 3.05) is 13.6 Å². The van der Waals surface area contributed by atoms with E-state index in [0.717, 1.165) is 0 Å². The highest BCUT2D eigenvalue weighted by molar-refractivity contribution is 5.84. The van der Waals surface area contributed by atoms with Crippen LogP contribution in [-0.2, 0) is 9.59 Å². The molecule has 0 aromatic heterocycles. The maximum atomic E-state index is 11.8. The molecule has 0 aromatic rings. The van der Waals surface area contributed by atoms with E-state index in [9.17, 15) is 22.8 Å². The molecule has 0 aliphatic rings. The molecule has 0 aromatic carbocycles. The molecule has 8 heteroatoms. The first-order valence-corrected chi connectivity index (χ1v) is 4.99. The van der Waals surface area contributed by atoms with Crippen molar-refractivity contribution in [1.82, 2.24) is 16.0 Å². The third-order valence-corrected chi connectivity index (χ3v) is 2.00. The number of hydrogen-bond acceptors (Lipinski definition) is 3. The molecule has 0 fully saturated rings. The Morgan fingerprint density at radius 3 is 2.00 bits per heavy atom. The lowest BCUT2D eigenvalue weighted by Gasteiger charge is -2.18. The fourth-order valence-corrected chi connectivity index (χ4v) is 1.08. The summed E-state index contributed by atoms with van der Waals surface area (Å²) in [5, 5.41) is 6.65. The number of hydrogen-bond donors (Lipinski definition) is 3. The average Bonchev–Trinajstić information content (AvgIpc) is 2.23. The van der Waals surface area contributed by atoms with Gasteiger partial charge in [-0.1, -0.05) is 0 Å². The van der Waals surface area contributed by atoms with E-state index < -0.39 is 30.7 Å². The van der Waals surface area contributed by atoms with Crippen LogP contribution in [-0.4, -0.2) is 43.7 Å². The van der Waals surface area contributed by atoms with E-state index in [1.54, 1.807) is 5.32 Å². The molecule has 100 valence electrons. The van der Waals surface area contributed by atoms with Gasteiger partial charge in [0, 0.05) is 7.05 Å². The van der Waals surface area contributed by atoms with Gasteiger partial charge in [-0.25, -0.2) is 0 Å². The quantitative estimate of drug-likeness (QED) is 0.636. The summed E-state index contributed by atoms with van der Waals surface area (Å²) in [5.74, 6) is -1.15. The Kier molecular flexibility index (Phi) is 5.94. The molecule has 17 heavy (non-hydrogen) atoms. The summed E-state index contributed by atoms with van der Waals surface area (Å²) in [5.41, 5.74) is 0. The van der Waals surface area contributed by atoms with Gasteiger partial charge in [-0.05, 0) is 13.8 Å². The molecule has 2 atom stereocenters. The number of halogens is 3. The maximum absolute atomic E-state index is 11.8. The summed E-state index contributed by atoms with van der Waals surface area (Å²) in [6.45, 7) is 1.50. The van der Waals surface area contributed by atoms with Crippen LogP contribution in [0, 0.1) is 0 Å². The lowest BCUT2D eigenvalue weighted by molar-refractivity contribution is -0.139. The fraction of sp³-hybridized carbons (Fsp3) is 0.778. The van der Waals surface area contributed by atoms with Crippen LogP contribution in [0.3, 0.4) is 0 Å². The highest BCUT2D eigenvalue weighted by Gasteiger charge is 2.29. The molecule has 0 bridgehead atoms.